The highest BCUT2D eigenvalue weighted by atomic mass is 32.1. The van der Waals surface area contributed by atoms with Crippen LogP contribution in [-0.4, -0.2) is 27.1 Å². The van der Waals surface area contributed by atoms with E-state index in [9.17, 15) is 4.79 Å². The first-order valence-corrected chi connectivity index (χ1v) is 8.21. The third kappa shape index (κ3) is 3.32. The van der Waals surface area contributed by atoms with E-state index in [1.54, 1.807) is 42.9 Å². The fraction of sp³-hybridized carbons (Fsp3) is 0.235. The zero-order valence-corrected chi connectivity index (χ0v) is 13.8. The molecule has 0 N–H and O–H groups in total. The molecule has 3 rings (SSSR count). The van der Waals surface area contributed by atoms with Crippen LogP contribution in [0.1, 0.15) is 35.1 Å². The van der Waals surface area contributed by atoms with Gasteiger partial charge in [0.25, 0.3) is 0 Å². The van der Waals surface area contributed by atoms with Gasteiger partial charge in [0.2, 0.25) is 0 Å². The van der Waals surface area contributed by atoms with Crippen LogP contribution in [0.5, 0.6) is 0 Å². The number of imidazole rings is 1. The minimum Gasteiger partial charge on any atom is -0.462 e. The fourth-order valence-corrected chi connectivity index (χ4v) is 3.20. The number of carbonyl (C=O) groups is 1. The number of thiazole rings is 1. The summed E-state index contributed by atoms with van der Waals surface area (Å²) in [6.45, 7) is 4.29. The minimum atomic E-state index is -0.299. The number of nitrogens with zero attached hydrogens (tertiary/aromatic N) is 3. The maximum absolute atomic E-state index is 11.7. The largest absolute Gasteiger partial charge is 0.462 e. The molecule has 23 heavy (non-hydrogen) atoms. The Morgan fingerprint density at radius 3 is 2.78 bits per heavy atom. The van der Waals surface area contributed by atoms with Crippen molar-refractivity contribution in [3.63, 3.8) is 0 Å². The van der Waals surface area contributed by atoms with Crippen LogP contribution in [0.25, 0.3) is 10.6 Å². The molecule has 0 aliphatic heterocycles. The van der Waals surface area contributed by atoms with E-state index >= 15 is 0 Å². The first-order chi connectivity index (χ1) is 11.2. The average molecular weight is 327 g/mol. The summed E-state index contributed by atoms with van der Waals surface area (Å²) in [5.74, 6) is -0.299. The Balaban J connectivity index is 1.79. The third-order valence-corrected chi connectivity index (χ3v) is 4.77. The monoisotopic (exact) mass is 327 g/mol. The van der Waals surface area contributed by atoms with Crippen LogP contribution >= 0.6 is 11.3 Å². The summed E-state index contributed by atoms with van der Waals surface area (Å²) in [7, 11) is 0. The van der Waals surface area contributed by atoms with E-state index < -0.39 is 0 Å². The first kappa shape index (κ1) is 15.4. The standard InChI is InChI=1S/C17H17N3O2S/c1-3-22-17(21)14-6-4-13(5-7-14)16-19-10-15(23-16)12(2)20-9-8-18-11-20/h4-12H,3H2,1-2H3. The van der Waals surface area contributed by atoms with Gasteiger partial charge >= 0.3 is 5.97 Å². The number of hydrogen-bond acceptors (Lipinski definition) is 5. The number of ether oxygens (including phenoxy) is 1. The Morgan fingerprint density at radius 1 is 1.35 bits per heavy atom. The molecule has 2 aromatic heterocycles. The molecule has 6 heteroatoms. The molecule has 0 bridgehead atoms. The van der Waals surface area contributed by atoms with E-state index in [4.69, 9.17) is 4.74 Å². The Hall–Kier alpha value is -2.47. The Labute approximate surface area is 138 Å². The molecule has 0 fully saturated rings. The van der Waals surface area contributed by atoms with Crippen LogP contribution in [0.4, 0.5) is 0 Å². The van der Waals surface area contributed by atoms with E-state index in [0.29, 0.717) is 12.2 Å². The highest BCUT2D eigenvalue weighted by Gasteiger charge is 2.13. The SMILES string of the molecule is CCOC(=O)c1ccc(-c2ncc(C(C)n3ccnc3)s2)cc1. The zero-order chi connectivity index (χ0) is 16.2. The van der Waals surface area contributed by atoms with Gasteiger partial charge in [-0.3, -0.25) is 0 Å². The van der Waals surface area contributed by atoms with Gasteiger partial charge < -0.3 is 9.30 Å². The lowest BCUT2D eigenvalue weighted by molar-refractivity contribution is 0.0526. The molecule has 2 heterocycles. The van der Waals surface area contributed by atoms with Crippen LogP contribution in [0.3, 0.4) is 0 Å². The van der Waals surface area contributed by atoms with Crippen molar-refractivity contribution in [3.8, 4) is 10.6 Å². The zero-order valence-electron chi connectivity index (χ0n) is 13.0. The number of esters is 1. The highest BCUT2D eigenvalue weighted by Crippen LogP contribution is 2.30. The molecule has 118 valence electrons. The van der Waals surface area contributed by atoms with Crippen molar-refractivity contribution < 1.29 is 9.53 Å². The van der Waals surface area contributed by atoms with Gasteiger partial charge in [-0.05, 0) is 26.0 Å². The molecule has 3 aromatic rings. The minimum absolute atomic E-state index is 0.197. The molecule has 0 saturated heterocycles. The first-order valence-electron chi connectivity index (χ1n) is 7.39. The van der Waals surface area contributed by atoms with Crippen molar-refractivity contribution >= 4 is 17.3 Å². The maximum Gasteiger partial charge on any atom is 0.338 e. The molecular weight excluding hydrogens is 310 g/mol. The van der Waals surface area contributed by atoms with E-state index in [1.165, 1.54) is 0 Å². The molecule has 1 aromatic carbocycles. The lowest BCUT2D eigenvalue weighted by Gasteiger charge is -2.09. The van der Waals surface area contributed by atoms with E-state index in [0.717, 1.165) is 15.4 Å². The second-order valence-electron chi connectivity index (χ2n) is 5.05. The molecule has 0 aliphatic rings. The van der Waals surface area contributed by atoms with Gasteiger partial charge in [-0.15, -0.1) is 11.3 Å². The molecule has 0 radical (unpaired) electrons. The summed E-state index contributed by atoms with van der Waals surface area (Å²) in [4.78, 5) is 21.4. The highest BCUT2D eigenvalue weighted by molar-refractivity contribution is 7.15. The lowest BCUT2D eigenvalue weighted by Crippen LogP contribution is -2.03. The van der Waals surface area contributed by atoms with E-state index in [1.807, 2.05) is 29.1 Å². The van der Waals surface area contributed by atoms with Gasteiger partial charge in [-0.2, -0.15) is 0 Å². The molecule has 0 amide bonds. The van der Waals surface area contributed by atoms with Gasteiger partial charge in [-0.1, -0.05) is 12.1 Å². The van der Waals surface area contributed by atoms with Crippen LogP contribution < -0.4 is 0 Å². The van der Waals surface area contributed by atoms with Crippen LogP contribution in [0, 0.1) is 0 Å². The molecule has 0 spiro atoms. The Morgan fingerprint density at radius 2 is 2.13 bits per heavy atom. The Bertz CT molecular complexity index is 779. The van der Waals surface area contributed by atoms with Gasteiger partial charge in [-0.25, -0.2) is 14.8 Å². The molecule has 1 unspecified atom stereocenters. The van der Waals surface area contributed by atoms with Crippen molar-refractivity contribution in [2.45, 2.75) is 19.9 Å². The summed E-state index contributed by atoms with van der Waals surface area (Å²) in [5, 5.41) is 0.933. The van der Waals surface area contributed by atoms with Gasteiger partial charge in [0.15, 0.2) is 0 Å². The van der Waals surface area contributed by atoms with Gasteiger partial charge in [0.1, 0.15) is 5.01 Å². The number of hydrogen-bond donors (Lipinski definition) is 0. The summed E-state index contributed by atoms with van der Waals surface area (Å²) in [6.07, 6.45) is 7.41. The molecule has 1 atom stereocenters. The quantitative estimate of drug-likeness (QED) is 0.669. The van der Waals surface area contributed by atoms with Crippen molar-refractivity contribution in [1.29, 1.82) is 0 Å². The molecule has 5 nitrogen and oxygen atoms in total. The van der Waals surface area contributed by atoms with Crippen LogP contribution in [0.15, 0.2) is 49.2 Å². The number of aromatic nitrogens is 3. The van der Waals surface area contributed by atoms with E-state index in [2.05, 4.69) is 16.9 Å². The van der Waals surface area contributed by atoms with Crippen molar-refractivity contribution in [1.82, 2.24) is 14.5 Å². The van der Waals surface area contributed by atoms with Gasteiger partial charge in [0.05, 0.1) is 24.5 Å². The summed E-state index contributed by atoms with van der Waals surface area (Å²) >= 11 is 1.64. The van der Waals surface area contributed by atoms with E-state index in [-0.39, 0.29) is 12.0 Å². The van der Waals surface area contributed by atoms with Gasteiger partial charge in [0, 0.05) is 29.0 Å². The lowest BCUT2D eigenvalue weighted by atomic mass is 10.1. The summed E-state index contributed by atoms with van der Waals surface area (Å²) < 4.78 is 7.03. The Kier molecular flexibility index (Phi) is 4.52. The number of rotatable bonds is 5. The van der Waals surface area contributed by atoms with Crippen molar-refractivity contribution in [2.75, 3.05) is 6.61 Å². The van der Waals surface area contributed by atoms with Crippen LogP contribution in [0.2, 0.25) is 0 Å². The topological polar surface area (TPSA) is 57.0 Å². The maximum atomic E-state index is 11.7. The van der Waals surface area contributed by atoms with Crippen molar-refractivity contribution in [3.05, 3.63) is 59.6 Å². The second kappa shape index (κ2) is 6.75. The smallest absolute Gasteiger partial charge is 0.338 e. The number of benzene rings is 1. The van der Waals surface area contributed by atoms with Crippen molar-refractivity contribution in [2.24, 2.45) is 0 Å². The molecular formula is C17H17N3O2S. The summed E-state index contributed by atoms with van der Waals surface area (Å²) in [5.41, 5.74) is 1.55. The summed E-state index contributed by atoms with van der Waals surface area (Å²) in [6, 6.07) is 7.54. The molecule has 0 aliphatic carbocycles. The normalized spacial score (nSPS) is 12.1. The fourth-order valence-electron chi connectivity index (χ4n) is 2.22. The predicted octanol–water partition coefficient (Wildman–Crippen LogP) is 3.79. The number of carbonyl (C=O) groups excluding carboxylic acids is 1. The average Bonchev–Trinajstić information content (AvgIpc) is 3.26. The predicted molar refractivity (Wildman–Crippen MR) is 89.5 cm³/mol. The third-order valence-electron chi connectivity index (χ3n) is 3.55. The van der Waals surface area contributed by atoms with Crippen LogP contribution in [-0.2, 0) is 4.74 Å². The second-order valence-corrected chi connectivity index (χ2v) is 6.11. The molecule has 0 saturated carbocycles.